The molecule has 0 saturated heterocycles. The van der Waals surface area contributed by atoms with E-state index in [2.05, 4.69) is 11.1 Å². The van der Waals surface area contributed by atoms with Gasteiger partial charge in [0.25, 0.3) is 0 Å². The lowest BCUT2D eigenvalue weighted by Gasteiger charge is -2.13. The molecule has 0 unspecified atom stereocenters. The van der Waals surface area contributed by atoms with E-state index in [1.807, 2.05) is 0 Å². The Labute approximate surface area is 89.1 Å². The zero-order valence-electron chi connectivity index (χ0n) is 8.81. The normalized spacial score (nSPS) is 11.7. The minimum Gasteiger partial charge on any atom is -0.360 e. The summed E-state index contributed by atoms with van der Waals surface area (Å²) in [5, 5.41) is 3.59. The minimum atomic E-state index is -3.58. The van der Waals surface area contributed by atoms with Crippen LogP contribution in [-0.4, -0.2) is 31.5 Å². The van der Waals surface area contributed by atoms with E-state index in [-0.39, 0.29) is 17.2 Å². The second-order valence-corrected chi connectivity index (χ2v) is 5.10. The van der Waals surface area contributed by atoms with Gasteiger partial charge in [-0.25, -0.2) is 8.42 Å². The third-order valence-corrected chi connectivity index (χ3v) is 4.00. The van der Waals surface area contributed by atoms with Gasteiger partial charge in [-0.2, -0.15) is 4.31 Å². The van der Waals surface area contributed by atoms with Crippen molar-refractivity contribution in [2.45, 2.75) is 18.7 Å². The minimum absolute atomic E-state index is 0.0202. The van der Waals surface area contributed by atoms with Crippen molar-refractivity contribution in [3.63, 3.8) is 0 Å². The average molecular weight is 228 g/mol. The van der Waals surface area contributed by atoms with Crippen LogP contribution in [0.3, 0.4) is 0 Å². The monoisotopic (exact) mass is 228 g/mol. The van der Waals surface area contributed by atoms with Gasteiger partial charge in [-0.1, -0.05) is 11.1 Å². The van der Waals surface area contributed by atoms with Gasteiger partial charge >= 0.3 is 0 Å². The quantitative estimate of drug-likeness (QED) is 0.708. The maximum Gasteiger partial charge on any atom is 0.249 e. The number of aryl methyl sites for hydroxylation is 2. The Kier molecular flexibility index (Phi) is 3.17. The molecule has 0 aromatic carbocycles. The molecule has 1 heterocycles. The summed E-state index contributed by atoms with van der Waals surface area (Å²) in [4.78, 5) is 0.0975. The molecule has 0 aliphatic heterocycles. The topological polar surface area (TPSA) is 63.4 Å². The van der Waals surface area contributed by atoms with Crippen LogP contribution in [0.1, 0.15) is 11.5 Å². The zero-order chi connectivity index (χ0) is 11.6. The lowest BCUT2D eigenvalue weighted by Crippen LogP contribution is -2.28. The van der Waals surface area contributed by atoms with Crippen molar-refractivity contribution in [3.8, 4) is 12.3 Å². The van der Waals surface area contributed by atoms with Gasteiger partial charge in [-0.15, -0.1) is 6.42 Å². The van der Waals surface area contributed by atoms with Gasteiger partial charge in [0.1, 0.15) is 10.6 Å². The number of aromatic nitrogens is 1. The summed E-state index contributed by atoms with van der Waals surface area (Å²) in [5.41, 5.74) is 0.344. The maximum atomic E-state index is 12.0. The Hall–Kier alpha value is -1.32. The molecular formula is C9H12N2O3S. The summed E-state index contributed by atoms with van der Waals surface area (Å²) in [7, 11) is -2.17. The predicted molar refractivity (Wildman–Crippen MR) is 54.6 cm³/mol. The van der Waals surface area contributed by atoms with Crippen LogP contribution in [0.4, 0.5) is 0 Å². The SMILES string of the molecule is C#CCN(C)S(=O)(=O)c1c(C)noc1C. The Bertz CT molecular complexity index is 476. The van der Waals surface area contributed by atoms with E-state index in [1.54, 1.807) is 13.8 Å². The molecule has 0 amide bonds. The Morgan fingerprint density at radius 2 is 2.13 bits per heavy atom. The van der Waals surface area contributed by atoms with Crippen LogP contribution < -0.4 is 0 Å². The van der Waals surface area contributed by atoms with Crippen LogP contribution in [0.15, 0.2) is 9.42 Å². The fourth-order valence-corrected chi connectivity index (χ4v) is 2.58. The summed E-state index contributed by atoms with van der Waals surface area (Å²) in [6, 6.07) is 0. The number of hydrogen-bond donors (Lipinski definition) is 0. The Morgan fingerprint density at radius 3 is 2.53 bits per heavy atom. The van der Waals surface area contributed by atoms with E-state index in [0.717, 1.165) is 4.31 Å². The standard InChI is InChI=1S/C9H12N2O3S/c1-5-6-11(4)15(12,13)9-7(2)10-14-8(9)3/h1H,6H2,2-4H3. The summed E-state index contributed by atoms with van der Waals surface area (Å²) < 4.78 is 29.8. The highest BCUT2D eigenvalue weighted by molar-refractivity contribution is 7.89. The first-order chi connectivity index (χ1) is 6.91. The molecule has 0 aliphatic carbocycles. The third-order valence-electron chi connectivity index (χ3n) is 1.95. The molecule has 1 rings (SSSR count). The summed E-state index contributed by atoms with van der Waals surface area (Å²) in [5.74, 6) is 2.54. The van der Waals surface area contributed by atoms with E-state index in [4.69, 9.17) is 10.9 Å². The van der Waals surface area contributed by atoms with Crippen LogP contribution in [0, 0.1) is 26.2 Å². The van der Waals surface area contributed by atoms with Gasteiger partial charge in [0.15, 0.2) is 5.76 Å². The van der Waals surface area contributed by atoms with Gasteiger partial charge in [-0.3, -0.25) is 0 Å². The average Bonchev–Trinajstić information content (AvgIpc) is 2.46. The fourth-order valence-electron chi connectivity index (χ4n) is 1.21. The van der Waals surface area contributed by atoms with E-state index < -0.39 is 10.0 Å². The molecule has 0 N–H and O–H groups in total. The molecule has 82 valence electrons. The number of nitrogens with zero attached hydrogens (tertiary/aromatic N) is 2. The fraction of sp³-hybridized carbons (Fsp3) is 0.444. The molecule has 6 heteroatoms. The smallest absolute Gasteiger partial charge is 0.249 e. The van der Waals surface area contributed by atoms with Gasteiger partial charge in [0.05, 0.1) is 6.54 Å². The predicted octanol–water partition coefficient (Wildman–Crippen LogP) is 0.545. The molecule has 0 saturated carbocycles. The molecule has 5 nitrogen and oxygen atoms in total. The second kappa shape index (κ2) is 4.04. The van der Waals surface area contributed by atoms with Crippen molar-refractivity contribution in [1.29, 1.82) is 0 Å². The number of rotatable bonds is 3. The van der Waals surface area contributed by atoms with E-state index in [0.29, 0.717) is 5.69 Å². The van der Waals surface area contributed by atoms with Crippen LogP contribution in [0.25, 0.3) is 0 Å². The van der Waals surface area contributed by atoms with Gasteiger partial charge in [0.2, 0.25) is 10.0 Å². The van der Waals surface area contributed by atoms with Crippen molar-refractivity contribution in [2.24, 2.45) is 0 Å². The van der Waals surface area contributed by atoms with Crippen molar-refractivity contribution in [3.05, 3.63) is 11.5 Å². The van der Waals surface area contributed by atoms with Gasteiger partial charge < -0.3 is 4.52 Å². The highest BCUT2D eigenvalue weighted by atomic mass is 32.2. The summed E-state index contributed by atoms with van der Waals surface area (Å²) in [6.45, 7) is 3.15. The summed E-state index contributed by atoms with van der Waals surface area (Å²) >= 11 is 0. The second-order valence-electron chi connectivity index (χ2n) is 3.12. The lowest BCUT2D eigenvalue weighted by atomic mass is 10.4. The first kappa shape index (κ1) is 11.8. The number of terminal acetylenes is 1. The molecule has 0 spiro atoms. The lowest BCUT2D eigenvalue weighted by molar-refractivity contribution is 0.390. The van der Waals surface area contributed by atoms with Crippen molar-refractivity contribution < 1.29 is 12.9 Å². The van der Waals surface area contributed by atoms with Gasteiger partial charge in [0, 0.05) is 7.05 Å². The van der Waals surface area contributed by atoms with E-state index >= 15 is 0 Å². The number of sulfonamides is 1. The molecule has 1 aromatic rings. The van der Waals surface area contributed by atoms with Crippen LogP contribution in [0.2, 0.25) is 0 Å². The number of hydrogen-bond acceptors (Lipinski definition) is 4. The van der Waals surface area contributed by atoms with Crippen LogP contribution in [-0.2, 0) is 10.0 Å². The molecule has 0 fully saturated rings. The Morgan fingerprint density at radius 1 is 1.53 bits per heavy atom. The van der Waals surface area contributed by atoms with Gasteiger partial charge in [-0.05, 0) is 13.8 Å². The molecule has 15 heavy (non-hydrogen) atoms. The zero-order valence-corrected chi connectivity index (χ0v) is 9.63. The summed E-state index contributed by atoms with van der Waals surface area (Å²) in [6.07, 6.45) is 5.06. The van der Waals surface area contributed by atoms with Crippen LogP contribution >= 0.6 is 0 Å². The maximum absolute atomic E-state index is 12.0. The molecular weight excluding hydrogens is 216 g/mol. The van der Waals surface area contributed by atoms with E-state index in [1.165, 1.54) is 7.05 Å². The highest BCUT2D eigenvalue weighted by Crippen LogP contribution is 2.21. The van der Waals surface area contributed by atoms with Crippen molar-refractivity contribution in [2.75, 3.05) is 13.6 Å². The molecule has 0 atom stereocenters. The van der Waals surface area contributed by atoms with Crippen LogP contribution in [0.5, 0.6) is 0 Å². The first-order valence-corrected chi connectivity index (χ1v) is 5.68. The molecule has 1 aromatic heterocycles. The van der Waals surface area contributed by atoms with Crippen molar-refractivity contribution >= 4 is 10.0 Å². The molecule has 0 radical (unpaired) electrons. The molecule has 0 aliphatic rings. The first-order valence-electron chi connectivity index (χ1n) is 4.24. The Balaban J connectivity index is 3.24. The largest absolute Gasteiger partial charge is 0.360 e. The highest BCUT2D eigenvalue weighted by Gasteiger charge is 2.27. The van der Waals surface area contributed by atoms with E-state index in [9.17, 15) is 8.42 Å². The van der Waals surface area contributed by atoms with Crippen molar-refractivity contribution in [1.82, 2.24) is 9.46 Å². The third kappa shape index (κ3) is 2.03. The molecule has 0 bridgehead atoms.